The zero-order valence-electron chi connectivity index (χ0n) is 16.9. The highest BCUT2D eigenvalue weighted by Crippen LogP contribution is 2.49. The molecule has 2 saturated carbocycles. The molecule has 3 nitrogen and oxygen atoms in total. The van der Waals surface area contributed by atoms with Crippen LogP contribution in [0.25, 0.3) is 11.0 Å². The van der Waals surface area contributed by atoms with Crippen LogP contribution in [0, 0.1) is 11.8 Å². The van der Waals surface area contributed by atoms with Gasteiger partial charge in [-0.05, 0) is 73.6 Å². The Hall–Kier alpha value is -2.55. The monoisotopic (exact) mass is 387 g/mol. The lowest BCUT2D eigenvalue weighted by atomic mass is 10.0. The van der Waals surface area contributed by atoms with E-state index < -0.39 is 0 Å². The molecule has 1 N–H and O–H groups in total. The first-order valence-electron chi connectivity index (χ1n) is 11.1. The summed E-state index contributed by atoms with van der Waals surface area (Å²) in [6, 6.07) is 19.4. The number of aryl methyl sites for hydroxylation is 2. The van der Waals surface area contributed by atoms with Crippen molar-refractivity contribution >= 4 is 16.9 Å². The Morgan fingerprint density at radius 1 is 1.00 bits per heavy atom. The van der Waals surface area contributed by atoms with E-state index >= 15 is 0 Å². The molecule has 3 aromatic rings. The molecule has 0 saturated heterocycles. The zero-order chi connectivity index (χ0) is 19.6. The second-order valence-corrected chi connectivity index (χ2v) is 8.79. The molecule has 0 aliphatic heterocycles. The minimum absolute atomic E-state index is 0.259. The molecule has 2 atom stereocenters. The highest BCUT2D eigenvalue weighted by Gasteiger charge is 2.40. The van der Waals surface area contributed by atoms with Gasteiger partial charge >= 0.3 is 0 Å². The zero-order valence-corrected chi connectivity index (χ0v) is 16.9. The molecular weight excluding hydrogens is 358 g/mol. The quantitative estimate of drug-likeness (QED) is 0.484. The summed E-state index contributed by atoms with van der Waals surface area (Å²) in [7, 11) is 0. The molecule has 1 unspecified atom stereocenters. The number of carbonyl (C=O) groups is 1. The van der Waals surface area contributed by atoms with Crippen LogP contribution in [0.3, 0.4) is 0 Å². The first-order chi connectivity index (χ1) is 14.3. The fourth-order valence-corrected chi connectivity index (χ4v) is 4.43. The largest absolute Gasteiger partial charge is 0.461 e. The van der Waals surface area contributed by atoms with Crippen LogP contribution in [0.1, 0.15) is 54.9 Å². The number of furan rings is 1. The number of nitrogens with one attached hydrogen (secondary N) is 1. The fraction of sp³-hybridized carbons (Fsp3) is 0.423. The van der Waals surface area contributed by atoms with E-state index in [-0.39, 0.29) is 5.91 Å². The second kappa shape index (κ2) is 8.06. The first kappa shape index (κ1) is 18.5. The van der Waals surface area contributed by atoms with E-state index in [4.69, 9.17) is 4.42 Å². The van der Waals surface area contributed by atoms with Crippen molar-refractivity contribution in [1.29, 1.82) is 0 Å². The maximum atomic E-state index is 11.9. The molecule has 1 amide bonds. The van der Waals surface area contributed by atoms with Crippen LogP contribution in [0.2, 0.25) is 0 Å². The van der Waals surface area contributed by atoms with E-state index in [1.165, 1.54) is 29.4 Å². The van der Waals surface area contributed by atoms with Gasteiger partial charge in [-0.1, -0.05) is 42.5 Å². The SMILES string of the molecule is O=C(NC[C@@H]1CC1c1cccc2oc(CCCCc3ccccc3)cc12)C1CC1. The highest BCUT2D eigenvalue weighted by molar-refractivity contribution is 5.83. The third-order valence-electron chi connectivity index (χ3n) is 6.44. The molecule has 0 radical (unpaired) electrons. The van der Waals surface area contributed by atoms with Crippen molar-refractivity contribution in [3.05, 3.63) is 71.5 Å². The number of unbranched alkanes of at least 4 members (excludes halogenated alkanes) is 1. The van der Waals surface area contributed by atoms with E-state index in [9.17, 15) is 4.79 Å². The number of fused-ring (bicyclic) bond motifs is 1. The Labute approximate surface area is 172 Å². The van der Waals surface area contributed by atoms with Crippen molar-refractivity contribution in [2.24, 2.45) is 11.8 Å². The lowest BCUT2D eigenvalue weighted by molar-refractivity contribution is -0.122. The Morgan fingerprint density at radius 2 is 1.83 bits per heavy atom. The molecule has 29 heavy (non-hydrogen) atoms. The third kappa shape index (κ3) is 4.39. The topological polar surface area (TPSA) is 42.2 Å². The van der Waals surface area contributed by atoms with Gasteiger partial charge < -0.3 is 9.73 Å². The number of amides is 1. The standard InChI is InChI=1S/C26H29NO2/c28-26(19-13-14-19)27-17-20-15-23(20)22-11-6-12-25-24(22)16-21(29-25)10-5-4-9-18-7-2-1-3-8-18/h1-3,6-8,11-12,16,19-20,23H,4-5,9-10,13-15,17H2,(H,27,28)/t20-,23?/m0/s1. The first-order valence-corrected chi connectivity index (χ1v) is 11.1. The maximum Gasteiger partial charge on any atom is 0.223 e. The fourth-order valence-electron chi connectivity index (χ4n) is 4.43. The van der Waals surface area contributed by atoms with Crippen molar-refractivity contribution in [1.82, 2.24) is 5.32 Å². The third-order valence-corrected chi connectivity index (χ3v) is 6.44. The van der Waals surface area contributed by atoms with Crippen LogP contribution in [0.5, 0.6) is 0 Å². The maximum absolute atomic E-state index is 11.9. The van der Waals surface area contributed by atoms with Gasteiger partial charge in [-0.25, -0.2) is 0 Å². The highest BCUT2D eigenvalue weighted by atomic mass is 16.3. The van der Waals surface area contributed by atoms with Crippen molar-refractivity contribution in [2.75, 3.05) is 6.54 Å². The molecule has 0 spiro atoms. The van der Waals surface area contributed by atoms with Gasteiger partial charge in [0.05, 0.1) is 0 Å². The van der Waals surface area contributed by atoms with E-state index in [2.05, 4.69) is 59.9 Å². The van der Waals surface area contributed by atoms with Gasteiger partial charge in [0.15, 0.2) is 0 Å². The Bertz CT molecular complexity index is 986. The van der Waals surface area contributed by atoms with Gasteiger partial charge in [0.25, 0.3) is 0 Å². The summed E-state index contributed by atoms with van der Waals surface area (Å²) in [5, 5.41) is 4.41. The Morgan fingerprint density at radius 3 is 2.66 bits per heavy atom. The molecule has 3 heteroatoms. The summed E-state index contributed by atoms with van der Waals surface area (Å²) in [5.74, 6) is 2.79. The lowest BCUT2D eigenvalue weighted by Crippen LogP contribution is -2.27. The molecule has 1 heterocycles. The summed E-state index contributed by atoms with van der Waals surface area (Å²) in [6.07, 6.45) is 7.75. The number of hydrogen-bond acceptors (Lipinski definition) is 2. The lowest BCUT2D eigenvalue weighted by Gasteiger charge is -2.04. The van der Waals surface area contributed by atoms with Crippen LogP contribution >= 0.6 is 0 Å². The molecule has 2 fully saturated rings. The van der Waals surface area contributed by atoms with Crippen LogP contribution < -0.4 is 5.32 Å². The average molecular weight is 388 g/mol. The Balaban J connectivity index is 1.17. The van der Waals surface area contributed by atoms with Crippen LogP contribution in [0.4, 0.5) is 0 Å². The number of carbonyl (C=O) groups excluding carboxylic acids is 1. The van der Waals surface area contributed by atoms with Gasteiger partial charge in [-0.2, -0.15) is 0 Å². The minimum Gasteiger partial charge on any atom is -0.461 e. The summed E-state index contributed by atoms with van der Waals surface area (Å²) < 4.78 is 6.14. The van der Waals surface area contributed by atoms with Crippen LogP contribution in [-0.4, -0.2) is 12.5 Å². The summed E-state index contributed by atoms with van der Waals surface area (Å²) in [5.41, 5.74) is 3.81. The van der Waals surface area contributed by atoms with Crippen molar-refractivity contribution in [2.45, 2.75) is 50.9 Å². The average Bonchev–Trinajstić information content (AvgIpc) is 3.67. The smallest absolute Gasteiger partial charge is 0.223 e. The molecular formula is C26H29NO2. The van der Waals surface area contributed by atoms with E-state index in [1.54, 1.807) is 0 Å². The van der Waals surface area contributed by atoms with E-state index in [0.29, 0.717) is 17.8 Å². The summed E-state index contributed by atoms with van der Waals surface area (Å²) in [4.78, 5) is 11.9. The minimum atomic E-state index is 0.259. The molecule has 1 aromatic heterocycles. The number of rotatable bonds is 9. The van der Waals surface area contributed by atoms with Gasteiger partial charge in [-0.3, -0.25) is 4.79 Å². The van der Waals surface area contributed by atoms with Gasteiger partial charge in [0.1, 0.15) is 11.3 Å². The number of hydrogen-bond donors (Lipinski definition) is 1. The molecule has 150 valence electrons. The van der Waals surface area contributed by atoms with Gasteiger partial charge in [-0.15, -0.1) is 0 Å². The van der Waals surface area contributed by atoms with E-state index in [0.717, 1.165) is 50.0 Å². The van der Waals surface area contributed by atoms with Gasteiger partial charge in [0, 0.05) is 24.3 Å². The molecule has 2 aliphatic rings. The van der Waals surface area contributed by atoms with Crippen molar-refractivity contribution in [3.8, 4) is 0 Å². The molecule has 0 bridgehead atoms. The van der Waals surface area contributed by atoms with Crippen molar-refractivity contribution in [3.63, 3.8) is 0 Å². The molecule has 5 rings (SSSR count). The predicted octanol–water partition coefficient (Wildman–Crippen LogP) is 5.63. The summed E-state index contributed by atoms with van der Waals surface area (Å²) in [6.45, 7) is 0.820. The Kier molecular flexibility index (Phi) is 5.13. The second-order valence-electron chi connectivity index (χ2n) is 8.79. The van der Waals surface area contributed by atoms with Crippen LogP contribution in [0.15, 0.2) is 59.0 Å². The summed E-state index contributed by atoms with van der Waals surface area (Å²) >= 11 is 0. The van der Waals surface area contributed by atoms with Crippen molar-refractivity contribution < 1.29 is 9.21 Å². The normalized spacial score (nSPS) is 20.7. The molecule has 2 aliphatic carbocycles. The van der Waals surface area contributed by atoms with Gasteiger partial charge in [0.2, 0.25) is 5.91 Å². The predicted molar refractivity (Wildman–Crippen MR) is 116 cm³/mol. The number of benzene rings is 2. The molecule has 2 aromatic carbocycles. The van der Waals surface area contributed by atoms with E-state index in [1.807, 2.05) is 0 Å². The van der Waals surface area contributed by atoms with Crippen LogP contribution in [-0.2, 0) is 17.6 Å².